The molecule has 9 nitrogen and oxygen atoms in total. The predicted octanol–water partition coefficient (Wildman–Crippen LogP) is 1.68. The van der Waals surface area contributed by atoms with Gasteiger partial charge in [0.2, 0.25) is 10.0 Å². The van der Waals surface area contributed by atoms with Gasteiger partial charge in [0.15, 0.2) is 18.1 Å². The molecule has 0 saturated carbocycles. The Hall–Kier alpha value is -2.82. The van der Waals surface area contributed by atoms with Gasteiger partial charge in [0.05, 0.1) is 11.3 Å². The predicted molar refractivity (Wildman–Crippen MR) is 116 cm³/mol. The van der Waals surface area contributed by atoms with Crippen LogP contribution in [0, 0.1) is 0 Å². The standard InChI is InChI=1S/C21H23ClN2O7S/c22-16-2-4-17(5-3-16)32(27,28)24-10-8-21(26)31-14-20(25)23-9-7-15-1-6-18-19(13-15)30-12-11-29-18/h1-6,13,24H,7-12,14H2,(H,23,25). The van der Waals surface area contributed by atoms with E-state index in [-0.39, 0.29) is 17.9 Å². The molecule has 32 heavy (non-hydrogen) atoms. The van der Waals surface area contributed by atoms with Crippen LogP contribution < -0.4 is 19.5 Å². The van der Waals surface area contributed by atoms with Crippen molar-refractivity contribution < 1.29 is 32.2 Å². The number of carbonyl (C=O) groups excluding carboxylic acids is 2. The average Bonchev–Trinajstić information content (AvgIpc) is 2.78. The summed E-state index contributed by atoms with van der Waals surface area (Å²) in [6, 6.07) is 11.2. The highest BCUT2D eigenvalue weighted by atomic mass is 35.5. The Bertz CT molecular complexity index is 1060. The second-order valence-electron chi connectivity index (χ2n) is 6.84. The molecule has 0 bridgehead atoms. The lowest BCUT2D eigenvalue weighted by molar-refractivity contribution is -0.148. The number of hydrogen-bond donors (Lipinski definition) is 2. The minimum Gasteiger partial charge on any atom is -0.486 e. The molecule has 2 aromatic rings. The van der Waals surface area contributed by atoms with Crippen molar-refractivity contribution in [3.63, 3.8) is 0 Å². The number of halogens is 1. The van der Waals surface area contributed by atoms with E-state index in [4.69, 9.17) is 25.8 Å². The van der Waals surface area contributed by atoms with Gasteiger partial charge in [-0.3, -0.25) is 9.59 Å². The van der Waals surface area contributed by atoms with Crippen molar-refractivity contribution in [3.8, 4) is 11.5 Å². The fourth-order valence-electron chi connectivity index (χ4n) is 2.84. The van der Waals surface area contributed by atoms with Gasteiger partial charge < -0.3 is 19.5 Å². The summed E-state index contributed by atoms with van der Waals surface area (Å²) in [5.74, 6) is 0.246. The summed E-state index contributed by atoms with van der Waals surface area (Å²) in [6.07, 6.45) is 0.361. The Kier molecular flexibility index (Phi) is 8.32. The number of nitrogens with one attached hydrogen (secondary N) is 2. The minimum atomic E-state index is -3.76. The van der Waals surface area contributed by atoms with Gasteiger partial charge in [0, 0.05) is 18.1 Å². The van der Waals surface area contributed by atoms with Crippen LogP contribution in [-0.2, 0) is 30.8 Å². The molecule has 0 aromatic heterocycles. The van der Waals surface area contributed by atoms with E-state index in [1.807, 2.05) is 18.2 Å². The van der Waals surface area contributed by atoms with Crippen LogP contribution in [-0.4, -0.2) is 53.2 Å². The third-order valence-electron chi connectivity index (χ3n) is 4.45. The van der Waals surface area contributed by atoms with Crippen LogP contribution in [0.1, 0.15) is 12.0 Å². The molecule has 0 saturated heterocycles. The summed E-state index contributed by atoms with van der Waals surface area (Å²) in [4.78, 5) is 23.7. The number of ether oxygens (including phenoxy) is 3. The van der Waals surface area contributed by atoms with Gasteiger partial charge in [-0.2, -0.15) is 0 Å². The first-order valence-electron chi connectivity index (χ1n) is 9.89. The Morgan fingerprint density at radius 2 is 1.72 bits per heavy atom. The van der Waals surface area contributed by atoms with Crippen LogP contribution in [0.3, 0.4) is 0 Å². The zero-order chi connectivity index (χ0) is 23.0. The highest BCUT2D eigenvalue weighted by Gasteiger charge is 2.15. The number of fused-ring (bicyclic) bond motifs is 1. The topological polar surface area (TPSA) is 120 Å². The van der Waals surface area contributed by atoms with E-state index in [1.54, 1.807) is 0 Å². The van der Waals surface area contributed by atoms with Crippen molar-refractivity contribution in [2.75, 3.05) is 32.9 Å². The van der Waals surface area contributed by atoms with Crippen LogP contribution >= 0.6 is 11.6 Å². The molecular formula is C21H23ClN2O7S. The lowest BCUT2D eigenvalue weighted by Gasteiger charge is -2.18. The van der Waals surface area contributed by atoms with Gasteiger partial charge in [-0.15, -0.1) is 0 Å². The van der Waals surface area contributed by atoms with E-state index >= 15 is 0 Å². The molecule has 11 heteroatoms. The van der Waals surface area contributed by atoms with Crippen molar-refractivity contribution >= 4 is 33.5 Å². The Morgan fingerprint density at radius 1 is 1.00 bits per heavy atom. The fraction of sp³-hybridized carbons (Fsp3) is 0.333. The molecule has 0 aliphatic carbocycles. The quantitative estimate of drug-likeness (QED) is 0.494. The molecule has 1 heterocycles. The second kappa shape index (κ2) is 11.2. The second-order valence-corrected chi connectivity index (χ2v) is 9.04. The number of amides is 1. The zero-order valence-electron chi connectivity index (χ0n) is 17.1. The van der Waals surface area contributed by atoms with E-state index in [0.29, 0.717) is 42.7 Å². The number of rotatable bonds is 10. The van der Waals surface area contributed by atoms with E-state index in [1.165, 1.54) is 24.3 Å². The van der Waals surface area contributed by atoms with Crippen molar-refractivity contribution in [1.29, 1.82) is 0 Å². The highest BCUT2D eigenvalue weighted by molar-refractivity contribution is 7.89. The van der Waals surface area contributed by atoms with E-state index in [2.05, 4.69) is 10.0 Å². The molecular weight excluding hydrogens is 460 g/mol. The molecule has 1 aliphatic rings. The monoisotopic (exact) mass is 482 g/mol. The first kappa shape index (κ1) is 23.8. The Labute approximate surface area is 191 Å². The summed E-state index contributed by atoms with van der Waals surface area (Å²) in [7, 11) is -3.76. The smallest absolute Gasteiger partial charge is 0.307 e. The number of hydrogen-bond acceptors (Lipinski definition) is 7. The summed E-state index contributed by atoms with van der Waals surface area (Å²) in [6.45, 7) is 0.785. The molecule has 2 N–H and O–H groups in total. The van der Waals surface area contributed by atoms with E-state index < -0.39 is 28.5 Å². The molecule has 2 aromatic carbocycles. The molecule has 3 rings (SSSR count). The highest BCUT2D eigenvalue weighted by Crippen LogP contribution is 2.30. The van der Waals surface area contributed by atoms with Crippen molar-refractivity contribution in [2.24, 2.45) is 0 Å². The molecule has 1 aliphatic heterocycles. The average molecular weight is 483 g/mol. The van der Waals surface area contributed by atoms with Gasteiger partial charge in [0.1, 0.15) is 13.2 Å². The number of carbonyl (C=O) groups is 2. The molecule has 172 valence electrons. The van der Waals surface area contributed by atoms with Gasteiger partial charge in [0.25, 0.3) is 5.91 Å². The molecule has 1 amide bonds. The van der Waals surface area contributed by atoms with Crippen molar-refractivity contribution in [2.45, 2.75) is 17.7 Å². The first-order valence-corrected chi connectivity index (χ1v) is 11.8. The van der Waals surface area contributed by atoms with Gasteiger partial charge in [-0.25, -0.2) is 13.1 Å². The number of benzene rings is 2. The van der Waals surface area contributed by atoms with Crippen LogP contribution in [0.25, 0.3) is 0 Å². The van der Waals surface area contributed by atoms with Crippen LogP contribution in [0.5, 0.6) is 11.5 Å². The molecule has 0 radical (unpaired) electrons. The maximum absolute atomic E-state index is 12.1. The third-order valence-corrected chi connectivity index (χ3v) is 6.18. The van der Waals surface area contributed by atoms with Crippen molar-refractivity contribution in [1.82, 2.24) is 10.0 Å². The number of sulfonamides is 1. The number of esters is 1. The van der Waals surface area contributed by atoms with Crippen LogP contribution in [0.4, 0.5) is 0 Å². The fourth-order valence-corrected chi connectivity index (χ4v) is 4.00. The molecule has 0 spiro atoms. The lowest BCUT2D eigenvalue weighted by atomic mass is 10.1. The van der Waals surface area contributed by atoms with E-state index in [9.17, 15) is 18.0 Å². The van der Waals surface area contributed by atoms with Crippen LogP contribution in [0.15, 0.2) is 47.4 Å². The molecule has 0 unspecified atom stereocenters. The molecule has 0 atom stereocenters. The molecule has 0 fully saturated rings. The normalized spacial score (nSPS) is 12.8. The van der Waals surface area contributed by atoms with Crippen molar-refractivity contribution in [3.05, 3.63) is 53.1 Å². The largest absolute Gasteiger partial charge is 0.486 e. The van der Waals surface area contributed by atoms with E-state index in [0.717, 1.165) is 5.56 Å². The summed E-state index contributed by atoms with van der Waals surface area (Å²) < 4.78 is 42.4. The maximum Gasteiger partial charge on any atom is 0.307 e. The lowest BCUT2D eigenvalue weighted by Crippen LogP contribution is -2.31. The van der Waals surface area contributed by atoms with Gasteiger partial charge >= 0.3 is 5.97 Å². The maximum atomic E-state index is 12.1. The summed E-state index contributed by atoms with van der Waals surface area (Å²) in [5.41, 5.74) is 0.972. The zero-order valence-corrected chi connectivity index (χ0v) is 18.7. The Morgan fingerprint density at radius 3 is 2.47 bits per heavy atom. The van der Waals surface area contributed by atoms with Crippen LogP contribution in [0.2, 0.25) is 5.02 Å². The third kappa shape index (κ3) is 7.11. The summed E-state index contributed by atoms with van der Waals surface area (Å²) >= 11 is 5.74. The summed E-state index contributed by atoms with van der Waals surface area (Å²) in [5, 5.41) is 3.08. The van der Waals surface area contributed by atoms with Gasteiger partial charge in [-0.05, 0) is 48.4 Å². The first-order chi connectivity index (χ1) is 15.3. The minimum absolute atomic E-state index is 0.0349. The Balaban J connectivity index is 1.31. The van der Waals surface area contributed by atoms with Gasteiger partial charge in [-0.1, -0.05) is 17.7 Å². The SMILES string of the molecule is O=C(COC(=O)CCNS(=O)(=O)c1ccc(Cl)cc1)NCCc1ccc2c(c1)OCCO2.